The van der Waals surface area contributed by atoms with Crippen LogP contribution in [0.4, 0.5) is 13.2 Å². The summed E-state index contributed by atoms with van der Waals surface area (Å²) in [7, 11) is 0. The molecule has 3 nitrogen and oxygen atoms in total. The fourth-order valence-electron chi connectivity index (χ4n) is 3.11. The molecule has 1 fully saturated rings. The van der Waals surface area contributed by atoms with Crippen molar-refractivity contribution in [1.29, 1.82) is 0 Å². The van der Waals surface area contributed by atoms with Crippen molar-refractivity contribution in [3.8, 4) is 0 Å². The van der Waals surface area contributed by atoms with E-state index in [-0.39, 0.29) is 30.7 Å². The predicted molar refractivity (Wildman–Crippen MR) is 76.6 cm³/mol. The summed E-state index contributed by atoms with van der Waals surface area (Å²) in [6, 6.07) is -0.0875. The third-order valence-electron chi connectivity index (χ3n) is 4.73. The van der Waals surface area contributed by atoms with Gasteiger partial charge in [0, 0.05) is 18.5 Å². The molecule has 1 rings (SSSR count). The Balaban J connectivity index is 2.34. The Labute approximate surface area is 124 Å². The van der Waals surface area contributed by atoms with Crippen LogP contribution < -0.4 is 11.1 Å². The first-order valence-electron chi connectivity index (χ1n) is 7.89. The van der Waals surface area contributed by atoms with Gasteiger partial charge in [0.15, 0.2) is 0 Å². The number of carbonyl (C=O) groups is 1. The molecule has 0 aromatic rings. The topological polar surface area (TPSA) is 55.1 Å². The maximum Gasteiger partial charge on any atom is 0.391 e. The summed E-state index contributed by atoms with van der Waals surface area (Å²) in [6.45, 7) is 4.53. The van der Waals surface area contributed by atoms with E-state index in [0.717, 1.165) is 12.8 Å². The number of carbonyl (C=O) groups excluding carboxylic acids is 1. The van der Waals surface area contributed by atoms with Gasteiger partial charge < -0.3 is 11.1 Å². The van der Waals surface area contributed by atoms with Crippen molar-refractivity contribution < 1.29 is 18.0 Å². The van der Waals surface area contributed by atoms with Crippen molar-refractivity contribution >= 4 is 5.91 Å². The number of hydrogen-bond acceptors (Lipinski definition) is 2. The quantitative estimate of drug-likeness (QED) is 0.791. The lowest BCUT2D eigenvalue weighted by Gasteiger charge is -2.29. The summed E-state index contributed by atoms with van der Waals surface area (Å²) in [4.78, 5) is 12.0. The standard InChI is InChI=1S/C15H27F3N2O/c1-3-10(4-2)13(19)9-20-14(21)11-5-7-12(8-6-11)15(16,17)18/h10-13H,3-9,19H2,1-2H3,(H,20,21). The summed E-state index contributed by atoms with van der Waals surface area (Å²) < 4.78 is 37.7. The van der Waals surface area contributed by atoms with Gasteiger partial charge in [-0.3, -0.25) is 4.79 Å². The fourth-order valence-corrected chi connectivity index (χ4v) is 3.11. The highest BCUT2D eigenvalue weighted by molar-refractivity contribution is 5.78. The molecule has 1 atom stereocenters. The zero-order valence-corrected chi connectivity index (χ0v) is 12.9. The van der Waals surface area contributed by atoms with Crippen molar-refractivity contribution in [3.63, 3.8) is 0 Å². The normalized spacial score (nSPS) is 24.9. The van der Waals surface area contributed by atoms with E-state index >= 15 is 0 Å². The summed E-state index contributed by atoms with van der Waals surface area (Å²) >= 11 is 0. The zero-order valence-electron chi connectivity index (χ0n) is 12.9. The maximum absolute atomic E-state index is 12.6. The molecule has 1 amide bonds. The maximum atomic E-state index is 12.6. The Hall–Kier alpha value is -0.780. The molecular weight excluding hydrogens is 281 g/mol. The first-order chi connectivity index (χ1) is 9.79. The highest BCUT2D eigenvalue weighted by atomic mass is 19.4. The van der Waals surface area contributed by atoms with Crippen LogP contribution in [-0.4, -0.2) is 24.7 Å². The lowest BCUT2D eigenvalue weighted by Crippen LogP contribution is -2.44. The molecule has 0 aromatic heterocycles. The second-order valence-electron chi connectivity index (χ2n) is 6.08. The van der Waals surface area contributed by atoms with Gasteiger partial charge in [-0.15, -0.1) is 0 Å². The third-order valence-corrected chi connectivity index (χ3v) is 4.73. The van der Waals surface area contributed by atoms with E-state index in [0.29, 0.717) is 25.3 Å². The van der Waals surface area contributed by atoms with Crippen molar-refractivity contribution in [1.82, 2.24) is 5.32 Å². The Morgan fingerprint density at radius 3 is 2.14 bits per heavy atom. The molecule has 124 valence electrons. The molecule has 21 heavy (non-hydrogen) atoms. The number of nitrogens with two attached hydrogens (primary N) is 1. The Kier molecular flexibility index (Phi) is 6.97. The molecule has 0 heterocycles. The van der Waals surface area contributed by atoms with Gasteiger partial charge in [-0.25, -0.2) is 0 Å². The van der Waals surface area contributed by atoms with E-state index in [1.54, 1.807) is 0 Å². The largest absolute Gasteiger partial charge is 0.391 e. The first-order valence-corrected chi connectivity index (χ1v) is 7.89. The number of halogens is 3. The third kappa shape index (κ3) is 5.49. The first kappa shape index (κ1) is 18.3. The lowest BCUT2D eigenvalue weighted by molar-refractivity contribution is -0.184. The molecule has 1 aliphatic rings. The molecule has 0 aromatic carbocycles. The number of alkyl halides is 3. The van der Waals surface area contributed by atoms with Crippen LogP contribution in [0.25, 0.3) is 0 Å². The Bertz CT molecular complexity index is 321. The molecular formula is C15H27F3N2O. The second kappa shape index (κ2) is 8.01. The number of rotatable bonds is 6. The van der Waals surface area contributed by atoms with E-state index in [1.165, 1.54) is 0 Å². The van der Waals surface area contributed by atoms with Gasteiger partial charge in [-0.05, 0) is 31.6 Å². The average molecular weight is 308 g/mol. The van der Waals surface area contributed by atoms with Gasteiger partial charge in [0.05, 0.1) is 5.92 Å². The monoisotopic (exact) mass is 308 g/mol. The van der Waals surface area contributed by atoms with E-state index in [2.05, 4.69) is 19.2 Å². The molecule has 0 saturated heterocycles. The minimum absolute atomic E-state index is 0.0557. The predicted octanol–water partition coefficient (Wildman–Crippen LogP) is 3.23. The van der Waals surface area contributed by atoms with Gasteiger partial charge >= 0.3 is 6.18 Å². The van der Waals surface area contributed by atoms with Gasteiger partial charge in [0.25, 0.3) is 0 Å². The van der Waals surface area contributed by atoms with E-state index < -0.39 is 12.1 Å². The smallest absolute Gasteiger partial charge is 0.354 e. The highest BCUT2D eigenvalue weighted by Gasteiger charge is 2.42. The van der Waals surface area contributed by atoms with Gasteiger partial charge in [-0.2, -0.15) is 13.2 Å². The molecule has 3 N–H and O–H groups in total. The summed E-state index contributed by atoms with van der Waals surface area (Å²) in [5, 5.41) is 2.81. The number of hydrogen-bond donors (Lipinski definition) is 2. The molecule has 1 aliphatic carbocycles. The fraction of sp³-hybridized carbons (Fsp3) is 0.933. The van der Waals surface area contributed by atoms with Gasteiger partial charge in [0.1, 0.15) is 0 Å². The van der Waals surface area contributed by atoms with E-state index in [9.17, 15) is 18.0 Å². The Morgan fingerprint density at radius 2 is 1.71 bits per heavy atom. The number of amides is 1. The van der Waals surface area contributed by atoms with Crippen molar-refractivity contribution in [2.45, 2.75) is 64.6 Å². The second-order valence-corrected chi connectivity index (χ2v) is 6.08. The SMILES string of the molecule is CCC(CC)C(N)CNC(=O)C1CCC(C(F)(F)F)CC1. The van der Waals surface area contributed by atoms with Crippen LogP contribution in [0.2, 0.25) is 0 Å². The molecule has 0 radical (unpaired) electrons. The summed E-state index contributed by atoms with van der Waals surface area (Å²) in [6.07, 6.45) is -1.46. The van der Waals surface area contributed by atoms with Crippen LogP contribution >= 0.6 is 0 Å². The van der Waals surface area contributed by atoms with Crippen LogP contribution in [0.3, 0.4) is 0 Å². The van der Waals surface area contributed by atoms with Crippen LogP contribution in [0.1, 0.15) is 52.4 Å². The zero-order chi connectivity index (χ0) is 16.0. The summed E-state index contributed by atoms with van der Waals surface area (Å²) in [5.41, 5.74) is 6.03. The molecule has 1 saturated carbocycles. The van der Waals surface area contributed by atoms with Gasteiger partial charge in [-0.1, -0.05) is 26.7 Å². The molecule has 0 bridgehead atoms. The average Bonchev–Trinajstić information content (AvgIpc) is 2.45. The van der Waals surface area contributed by atoms with Crippen molar-refractivity contribution in [3.05, 3.63) is 0 Å². The van der Waals surface area contributed by atoms with Crippen molar-refractivity contribution in [2.24, 2.45) is 23.5 Å². The summed E-state index contributed by atoms with van der Waals surface area (Å²) in [5.74, 6) is -1.31. The van der Waals surface area contributed by atoms with Crippen LogP contribution in [0, 0.1) is 17.8 Å². The minimum Gasteiger partial charge on any atom is -0.354 e. The molecule has 1 unspecified atom stereocenters. The van der Waals surface area contributed by atoms with Crippen LogP contribution in [0.5, 0.6) is 0 Å². The Morgan fingerprint density at radius 1 is 1.19 bits per heavy atom. The van der Waals surface area contributed by atoms with E-state index in [1.807, 2.05) is 0 Å². The molecule has 0 spiro atoms. The van der Waals surface area contributed by atoms with Crippen LogP contribution in [0.15, 0.2) is 0 Å². The van der Waals surface area contributed by atoms with Crippen molar-refractivity contribution in [2.75, 3.05) is 6.54 Å². The molecule has 0 aliphatic heterocycles. The van der Waals surface area contributed by atoms with E-state index in [4.69, 9.17) is 5.73 Å². The number of nitrogens with one attached hydrogen (secondary N) is 1. The van der Waals surface area contributed by atoms with Crippen LogP contribution in [-0.2, 0) is 4.79 Å². The van der Waals surface area contributed by atoms with Gasteiger partial charge in [0.2, 0.25) is 5.91 Å². The molecule has 6 heteroatoms. The minimum atomic E-state index is -4.13. The lowest BCUT2D eigenvalue weighted by atomic mass is 9.81. The highest BCUT2D eigenvalue weighted by Crippen LogP contribution is 2.39.